The first kappa shape index (κ1) is 17.9. The summed E-state index contributed by atoms with van der Waals surface area (Å²) in [5.74, 6) is 0. The second-order valence-corrected chi connectivity index (χ2v) is 7.12. The molecule has 6 heteroatoms. The molecule has 2 rings (SSSR count). The maximum Gasteiger partial charge on any atom is 0.317 e. The topological polar surface area (TPSA) is 55.8 Å². The molecular formula is C17H26ClN3O2. The van der Waals surface area contributed by atoms with E-state index in [2.05, 4.69) is 10.2 Å². The van der Waals surface area contributed by atoms with Gasteiger partial charge in [-0.2, -0.15) is 0 Å². The van der Waals surface area contributed by atoms with E-state index in [1.165, 1.54) is 0 Å². The number of urea groups is 1. The average molecular weight is 340 g/mol. The van der Waals surface area contributed by atoms with Crippen LogP contribution in [0.3, 0.4) is 0 Å². The van der Waals surface area contributed by atoms with E-state index in [1.54, 1.807) is 18.7 Å². The molecule has 0 bridgehead atoms. The summed E-state index contributed by atoms with van der Waals surface area (Å²) in [6, 6.07) is 7.76. The van der Waals surface area contributed by atoms with E-state index in [9.17, 15) is 9.90 Å². The molecule has 0 spiro atoms. The molecular weight excluding hydrogens is 314 g/mol. The third-order valence-electron chi connectivity index (χ3n) is 3.95. The molecule has 1 aromatic carbocycles. The number of rotatable bonds is 5. The normalized spacial score (nSPS) is 18.1. The molecule has 5 nitrogen and oxygen atoms in total. The van der Waals surface area contributed by atoms with E-state index in [1.807, 2.05) is 31.2 Å². The van der Waals surface area contributed by atoms with Crippen LogP contribution in [-0.4, -0.2) is 53.9 Å². The van der Waals surface area contributed by atoms with Crippen molar-refractivity contribution >= 4 is 23.3 Å². The minimum atomic E-state index is -0.891. The van der Waals surface area contributed by atoms with Gasteiger partial charge in [-0.05, 0) is 51.5 Å². The van der Waals surface area contributed by atoms with Crippen LogP contribution >= 0.6 is 11.6 Å². The van der Waals surface area contributed by atoms with Gasteiger partial charge in [0.15, 0.2) is 0 Å². The van der Waals surface area contributed by atoms with E-state index in [0.29, 0.717) is 13.1 Å². The van der Waals surface area contributed by atoms with E-state index >= 15 is 0 Å². The fourth-order valence-electron chi connectivity index (χ4n) is 2.82. The molecule has 1 aliphatic heterocycles. The van der Waals surface area contributed by atoms with Gasteiger partial charge in [0, 0.05) is 36.4 Å². The molecule has 2 N–H and O–H groups in total. The third-order valence-corrected chi connectivity index (χ3v) is 4.21. The monoisotopic (exact) mass is 339 g/mol. The lowest BCUT2D eigenvalue weighted by molar-refractivity contribution is 0.0476. The van der Waals surface area contributed by atoms with Crippen molar-refractivity contribution in [2.24, 2.45) is 0 Å². The second-order valence-electron chi connectivity index (χ2n) is 6.68. The Kier molecular flexibility index (Phi) is 5.76. The van der Waals surface area contributed by atoms with Crippen LogP contribution in [0.4, 0.5) is 10.5 Å². The van der Waals surface area contributed by atoms with Gasteiger partial charge in [0.25, 0.3) is 0 Å². The average Bonchev–Trinajstić information content (AvgIpc) is 2.93. The molecule has 0 saturated carbocycles. The number of carbonyl (C=O) groups excluding carboxylic acids is 1. The summed E-state index contributed by atoms with van der Waals surface area (Å²) in [6.07, 6.45) is 0.911. The van der Waals surface area contributed by atoms with E-state index in [4.69, 9.17) is 11.6 Å². The summed E-state index contributed by atoms with van der Waals surface area (Å²) in [5.41, 5.74) is 0.230. The minimum Gasteiger partial charge on any atom is -0.389 e. The quantitative estimate of drug-likeness (QED) is 0.867. The Morgan fingerprint density at radius 3 is 2.65 bits per heavy atom. The number of aliphatic hydroxyl groups is 1. The molecule has 1 saturated heterocycles. The largest absolute Gasteiger partial charge is 0.389 e. The van der Waals surface area contributed by atoms with Crippen molar-refractivity contribution in [3.8, 4) is 0 Å². The van der Waals surface area contributed by atoms with Crippen molar-refractivity contribution in [3.05, 3.63) is 29.3 Å². The highest BCUT2D eigenvalue weighted by molar-refractivity contribution is 6.30. The van der Waals surface area contributed by atoms with Crippen LogP contribution in [0, 0.1) is 0 Å². The van der Waals surface area contributed by atoms with E-state index in [0.717, 1.165) is 30.2 Å². The van der Waals surface area contributed by atoms with Crippen LogP contribution in [0.25, 0.3) is 0 Å². The second kappa shape index (κ2) is 7.41. The van der Waals surface area contributed by atoms with E-state index in [-0.39, 0.29) is 12.1 Å². The van der Waals surface area contributed by atoms with Crippen LogP contribution in [0.1, 0.15) is 27.2 Å². The minimum absolute atomic E-state index is 0.113. The lowest BCUT2D eigenvalue weighted by atomic mass is 10.1. The summed E-state index contributed by atoms with van der Waals surface area (Å²) >= 11 is 5.92. The summed E-state index contributed by atoms with van der Waals surface area (Å²) in [6.45, 7) is 7.92. The van der Waals surface area contributed by atoms with Crippen LogP contribution in [-0.2, 0) is 0 Å². The molecule has 1 aromatic rings. The first-order valence-corrected chi connectivity index (χ1v) is 8.44. The standard InChI is InChI=1S/C17H26ClN3O2/c1-4-20(12-17(2,3)23)16(22)19-14-9-10-21(11-14)15-7-5-13(18)6-8-15/h5-8,14,23H,4,9-12H2,1-3H3,(H,19,22). The Labute approximate surface area is 143 Å². The number of hydrogen-bond donors (Lipinski definition) is 2. The van der Waals surface area contributed by atoms with Gasteiger partial charge < -0.3 is 20.2 Å². The summed E-state index contributed by atoms with van der Waals surface area (Å²) in [7, 11) is 0. The number of anilines is 1. The summed E-state index contributed by atoms with van der Waals surface area (Å²) in [4.78, 5) is 16.3. The van der Waals surface area contributed by atoms with E-state index < -0.39 is 5.60 Å². The third kappa shape index (κ3) is 5.29. The Hall–Kier alpha value is -1.46. The molecule has 0 aromatic heterocycles. The molecule has 1 unspecified atom stereocenters. The van der Waals surface area contributed by atoms with Gasteiger partial charge in [-0.15, -0.1) is 0 Å². The number of benzene rings is 1. The predicted molar refractivity (Wildman–Crippen MR) is 94.1 cm³/mol. The van der Waals surface area contributed by atoms with Gasteiger partial charge in [0.2, 0.25) is 0 Å². The van der Waals surface area contributed by atoms with Crippen molar-refractivity contribution in [2.45, 2.75) is 38.8 Å². The Bertz CT molecular complexity index is 528. The number of amides is 2. The van der Waals surface area contributed by atoms with Crippen LogP contribution < -0.4 is 10.2 Å². The number of nitrogens with zero attached hydrogens (tertiary/aromatic N) is 2. The van der Waals surface area contributed by atoms with Crippen LogP contribution in [0.2, 0.25) is 5.02 Å². The zero-order valence-electron chi connectivity index (χ0n) is 14.1. The van der Waals surface area contributed by atoms with Crippen molar-refractivity contribution in [2.75, 3.05) is 31.1 Å². The maximum absolute atomic E-state index is 12.4. The van der Waals surface area contributed by atoms with Gasteiger partial charge in [-0.1, -0.05) is 11.6 Å². The number of halogens is 1. The fourth-order valence-corrected chi connectivity index (χ4v) is 2.95. The highest BCUT2D eigenvalue weighted by Crippen LogP contribution is 2.22. The Balaban J connectivity index is 1.89. The predicted octanol–water partition coefficient (Wildman–Crippen LogP) is 2.72. The maximum atomic E-state index is 12.4. The van der Waals surface area contributed by atoms with Crippen molar-refractivity contribution in [1.82, 2.24) is 10.2 Å². The first-order chi connectivity index (χ1) is 10.8. The van der Waals surface area contributed by atoms with Crippen LogP contribution in [0.15, 0.2) is 24.3 Å². The van der Waals surface area contributed by atoms with Gasteiger partial charge in [0.1, 0.15) is 0 Å². The highest BCUT2D eigenvalue weighted by Gasteiger charge is 2.27. The lowest BCUT2D eigenvalue weighted by Crippen LogP contribution is -2.50. The smallest absolute Gasteiger partial charge is 0.317 e. The SMILES string of the molecule is CCN(CC(C)(C)O)C(=O)NC1CCN(c2ccc(Cl)cc2)C1. The van der Waals surface area contributed by atoms with Gasteiger partial charge in [0.05, 0.1) is 12.1 Å². The molecule has 1 aliphatic rings. The Morgan fingerprint density at radius 1 is 1.43 bits per heavy atom. The number of likely N-dealkylation sites (N-methyl/N-ethyl adjacent to an activating group) is 1. The Morgan fingerprint density at radius 2 is 2.09 bits per heavy atom. The molecule has 1 fully saturated rings. The molecule has 23 heavy (non-hydrogen) atoms. The van der Waals surface area contributed by atoms with Gasteiger partial charge >= 0.3 is 6.03 Å². The molecule has 1 atom stereocenters. The van der Waals surface area contributed by atoms with Crippen molar-refractivity contribution < 1.29 is 9.90 Å². The number of carbonyl (C=O) groups is 1. The zero-order valence-corrected chi connectivity index (χ0v) is 14.8. The lowest BCUT2D eigenvalue weighted by Gasteiger charge is -2.29. The van der Waals surface area contributed by atoms with Crippen molar-refractivity contribution in [3.63, 3.8) is 0 Å². The molecule has 2 amide bonds. The molecule has 128 valence electrons. The number of hydrogen-bond acceptors (Lipinski definition) is 3. The fraction of sp³-hybridized carbons (Fsp3) is 0.588. The van der Waals surface area contributed by atoms with Gasteiger partial charge in [-0.25, -0.2) is 4.79 Å². The summed E-state index contributed by atoms with van der Waals surface area (Å²) < 4.78 is 0. The number of nitrogens with one attached hydrogen (secondary N) is 1. The molecule has 0 radical (unpaired) electrons. The molecule has 0 aliphatic carbocycles. The van der Waals surface area contributed by atoms with Crippen molar-refractivity contribution in [1.29, 1.82) is 0 Å². The van der Waals surface area contributed by atoms with Gasteiger partial charge in [-0.3, -0.25) is 0 Å². The highest BCUT2D eigenvalue weighted by atomic mass is 35.5. The van der Waals surface area contributed by atoms with Crippen LogP contribution in [0.5, 0.6) is 0 Å². The summed E-state index contributed by atoms with van der Waals surface area (Å²) in [5, 5.41) is 13.7. The first-order valence-electron chi connectivity index (χ1n) is 8.07. The zero-order chi connectivity index (χ0) is 17.0. The molecule has 1 heterocycles.